The van der Waals surface area contributed by atoms with E-state index in [1.165, 1.54) is 18.2 Å². The summed E-state index contributed by atoms with van der Waals surface area (Å²) < 4.78 is 27.3. The first kappa shape index (κ1) is 14.1. The van der Waals surface area contributed by atoms with E-state index < -0.39 is 11.6 Å². The van der Waals surface area contributed by atoms with Gasteiger partial charge in [0, 0.05) is 36.6 Å². The molecular weight excluding hydrogens is 272 g/mol. The van der Waals surface area contributed by atoms with Gasteiger partial charge in [0.15, 0.2) is 0 Å². The van der Waals surface area contributed by atoms with E-state index >= 15 is 0 Å². The third-order valence-electron chi connectivity index (χ3n) is 4.03. The number of piperidine rings is 1. The molecule has 0 atom stereocenters. The molecule has 3 rings (SSSR count). The van der Waals surface area contributed by atoms with Crippen molar-refractivity contribution in [1.82, 2.24) is 14.9 Å². The van der Waals surface area contributed by atoms with Crippen LogP contribution in [0, 0.1) is 11.6 Å². The summed E-state index contributed by atoms with van der Waals surface area (Å²) in [5.74, 6) is -0.544. The standard InChI is InChI=1S/C16H17F2N3/c17-14-2-1-3-15(18)13(14)11-21-8-4-12(5-9-21)16-10-19-6-7-20-16/h1-3,6-7,10,12H,4-5,8-9,11H2. The van der Waals surface area contributed by atoms with Crippen molar-refractivity contribution in [2.75, 3.05) is 13.1 Å². The summed E-state index contributed by atoms with van der Waals surface area (Å²) in [7, 11) is 0. The molecule has 1 aromatic carbocycles. The number of nitrogens with zero attached hydrogens (tertiary/aromatic N) is 3. The second-order valence-electron chi connectivity index (χ2n) is 5.38. The molecule has 0 aliphatic carbocycles. The Bertz CT molecular complexity index is 575. The van der Waals surface area contributed by atoms with Crippen molar-refractivity contribution >= 4 is 0 Å². The van der Waals surface area contributed by atoms with Crippen LogP contribution in [0.15, 0.2) is 36.8 Å². The minimum Gasteiger partial charge on any atom is -0.299 e. The molecule has 0 saturated carbocycles. The Hall–Kier alpha value is -1.88. The Labute approximate surface area is 122 Å². The number of hydrogen-bond donors (Lipinski definition) is 0. The van der Waals surface area contributed by atoms with Gasteiger partial charge >= 0.3 is 0 Å². The fraction of sp³-hybridized carbons (Fsp3) is 0.375. The maximum atomic E-state index is 13.7. The number of benzene rings is 1. The molecule has 2 aromatic rings. The normalized spacial score (nSPS) is 17.0. The molecular formula is C16H17F2N3. The van der Waals surface area contributed by atoms with Crippen LogP contribution in [-0.2, 0) is 6.54 Å². The van der Waals surface area contributed by atoms with Crippen LogP contribution < -0.4 is 0 Å². The minimum atomic E-state index is -0.467. The van der Waals surface area contributed by atoms with Crippen LogP contribution in [-0.4, -0.2) is 28.0 Å². The van der Waals surface area contributed by atoms with E-state index in [0.29, 0.717) is 12.5 Å². The smallest absolute Gasteiger partial charge is 0.130 e. The van der Waals surface area contributed by atoms with Gasteiger partial charge in [-0.15, -0.1) is 0 Å². The molecule has 21 heavy (non-hydrogen) atoms. The van der Waals surface area contributed by atoms with E-state index in [-0.39, 0.29) is 5.56 Å². The Balaban J connectivity index is 1.62. The number of rotatable bonds is 3. The van der Waals surface area contributed by atoms with Gasteiger partial charge in [-0.3, -0.25) is 14.9 Å². The van der Waals surface area contributed by atoms with Crippen LogP contribution in [0.4, 0.5) is 8.78 Å². The third-order valence-corrected chi connectivity index (χ3v) is 4.03. The minimum absolute atomic E-state index is 0.162. The van der Waals surface area contributed by atoms with Crippen molar-refractivity contribution in [3.8, 4) is 0 Å². The first-order chi connectivity index (χ1) is 10.2. The average Bonchev–Trinajstić information content (AvgIpc) is 2.53. The number of aromatic nitrogens is 2. The zero-order chi connectivity index (χ0) is 14.7. The highest BCUT2D eigenvalue weighted by molar-refractivity contribution is 5.19. The van der Waals surface area contributed by atoms with Crippen molar-refractivity contribution < 1.29 is 8.78 Å². The van der Waals surface area contributed by atoms with Crippen LogP contribution in [0.2, 0.25) is 0 Å². The highest BCUT2D eigenvalue weighted by Gasteiger charge is 2.23. The third kappa shape index (κ3) is 3.24. The number of likely N-dealkylation sites (tertiary alicyclic amines) is 1. The summed E-state index contributed by atoms with van der Waals surface area (Å²) in [6, 6.07) is 4.02. The molecule has 0 amide bonds. The van der Waals surface area contributed by atoms with E-state index in [1.807, 2.05) is 0 Å². The summed E-state index contributed by atoms with van der Waals surface area (Å²) in [6.07, 6.45) is 7.05. The van der Waals surface area contributed by atoms with Gasteiger partial charge in [0.1, 0.15) is 11.6 Å². The molecule has 0 spiro atoms. The topological polar surface area (TPSA) is 29.0 Å². The fourth-order valence-electron chi connectivity index (χ4n) is 2.82. The predicted molar refractivity (Wildman–Crippen MR) is 75.6 cm³/mol. The monoisotopic (exact) mass is 289 g/mol. The van der Waals surface area contributed by atoms with Gasteiger partial charge in [-0.1, -0.05) is 6.07 Å². The fourth-order valence-corrected chi connectivity index (χ4v) is 2.82. The van der Waals surface area contributed by atoms with E-state index in [2.05, 4.69) is 14.9 Å². The van der Waals surface area contributed by atoms with E-state index in [9.17, 15) is 8.78 Å². The van der Waals surface area contributed by atoms with Gasteiger partial charge in [0.05, 0.1) is 5.69 Å². The second-order valence-corrected chi connectivity index (χ2v) is 5.38. The van der Waals surface area contributed by atoms with Crippen molar-refractivity contribution in [2.24, 2.45) is 0 Å². The molecule has 0 bridgehead atoms. The Kier molecular flexibility index (Phi) is 4.20. The highest BCUT2D eigenvalue weighted by atomic mass is 19.1. The Morgan fingerprint density at radius 2 is 1.81 bits per heavy atom. The van der Waals surface area contributed by atoms with E-state index in [0.717, 1.165) is 31.6 Å². The maximum absolute atomic E-state index is 13.7. The molecule has 1 aliphatic rings. The molecule has 1 aliphatic heterocycles. The highest BCUT2D eigenvalue weighted by Crippen LogP contribution is 2.27. The molecule has 2 heterocycles. The van der Waals surface area contributed by atoms with Crippen LogP contribution in [0.5, 0.6) is 0 Å². The lowest BCUT2D eigenvalue weighted by atomic mass is 9.93. The van der Waals surface area contributed by atoms with Crippen LogP contribution >= 0.6 is 0 Å². The molecule has 0 radical (unpaired) electrons. The van der Waals surface area contributed by atoms with Crippen molar-refractivity contribution in [2.45, 2.75) is 25.3 Å². The Morgan fingerprint density at radius 3 is 2.43 bits per heavy atom. The van der Waals surface area contributed by atoms with Gasteiger partial charge in [-0.05, 0) is 38.1 Å². The quantitative estimate of drug-likeness (QED) is 0.869. The number of halogens is 2. The molecule has 0 unspecified atom stereocenters. The summed E-state index contributed by atoms with van der Waals surface area (Å²) in [5.41, 5.74) is 1.17. The molecule has 1 aromatic heterocycles. The second kappa shape index (κ2) is 6.26. The lowest BCUT2D eigenvalue weighted by molar-refractivity contribution is 0.198. The zero-order valence-electron chi connectivity index (χ0n) is 11.7. The van der Waals surface area contributed by atoms with Gasteiger partial charge in [0.25, 0.3) is 0 Å². The van der Waals surface area contributed by atoms with E-state index in [1.54, 1.807) is 18.6 Å². The summed E-state index contributed by atoms with van der Waals surface area (Å²) in [4.78, 5) is 10.5. The molecule has 0 N–H and O–H groups in total. The van der Waals surface area contributed by atoms with Gasteiger partial charge in [-0.25, -0.2) is 8.78 Å². The SMILES string of the molecule is Fc1cccc(F)c1CN1CCC(c2cnccn2)CC1. The lowest BCUT2D eigenvalue weighted by Crippen LogP contribution is -2.33. The summed E-state index contributed by atoms with van der Waals surface area (Å²) >= 11 is 0. The first-order valence-electron chi connectivity index (χ1n) is 7.15. The van der Waals surface area contributed by atoms with E-state index in [4.69, 9.17) is 0 Å². The predicted octanol–water partition coefficient (Wildman–Crippen LogP) is 3.13. The number of hydrogen-bond acceptors (Lipinski definition) is 3. The average molecular weight is 289 g/mol. The van der Waals surface area contributed by atoms with Crippen LogP contribution in [0.3, 0.4) is 0 Å². The van der Waals surface area contributed by atoms with Crippen molar-refractivity contribution in [1.29, 1.82) is 0 Å². The largest absolute Gasteiger partial charge is 0.299 e. The molecule has 1 fully saturated rings. The molecule has 3 nitrogen and oxygen atoms in total. The molecule has 1 saturated heterocycles. The molecule has 5 heteroatoms. The van der Waals surface area contributed by atoms with Gasteiger partial charge < -0.3 is 0 Å². The Morgan fingerprint density at radius 1 is 1.10 bits per heavy atom. The van der Waals surface area contributed by atoms with Gasteiger partial charge in [-0.2, -0.15) is 0 Å². The van der Waals surface area contributed by atoms with Crippen LogP contribution in [0.25, 0.3) is 0 Å². The van der Waals surface area contributed by atoms with Crippen LogP contribution in [0.1, 0.15) is 30.0 Å². The maximum Gasteiger partial charge on any atom is 0.130 e. The lowest BCUT2D eigenvalue weighted by Gasteiger charge is -2.31. The van der Waals surface area contributed by atoms with Crippen molar-refractivity contribution in [3.63, 3.8) is 0 Å². The summed E-state index contributed by atoms with van der Waals surface area (Å²) in [5, 5.41) is 0. The first-order valence-corrected chi connectivity index (χ1v) is 7.15. The zero-order valence-corrected chi connectivity index (χ0v) is 11.7. The van der Waals surface area contributed by atoms with Crippen molar-refractivity contribution in [3.05, 3.63) is 59.7 Å². The van der Waals surface area contributed by atoms with Gasteiger partial charge in [0.2, 0.25) is 0 Å². The molecule has 110 valence electrons. The summed E-state index contributed by atoms with van der Waals surface area (Å²) in [6.45, 7) is 1.95.